The molecule has 0 saturated heterocycles. The molecule has 0 aliphatic heterocycles. The average Bonchev–Trinajstić information content (AvgIpc) is 2.40. The van der Waals surface area contributed by atoms with Gasteiger partial charge in [-0.15, -0.1) is 0 Å². The number of rotatable bonds is 4. The Morgan fingerprint density at radius 2 is 1.90 bits per heavy atom. The lowest BCUT2D eigenvalue weighted by atomic mass is 9.92. The molecular weight excluding hydrogens is 334 g/mol. The van der Waals surface area contributed by atoms with Gasteiger partial charge >= 0.3 is 0 Å². The van der Waals surface area contributed by atoms with Crippen LogP contribution < -0.4 is 5.32 Å². The molecule has 0 saturated carbocycles. The maximum Gasteiger partial charge on any atom is 0.0590 e. The van der Waals surface area contributed by atoms with E-state index in [1.807, 2.05) is 12.1 Å². The Hall–Kier alpha value is -0.830. The first-order valence-electron chi connectivity index (χ1n) is 6.79. The molecule has 1 N–H and O–H groups in total. The summed E-state index contributed by atoms with van der Waals surface area (Å²) in [5, 5.41) is 4.32. The van der Waals surface area contributed by atoms with Gasteiger partial charge in [-0.1, -0.05) is 58.7 Å². The number of benzene rings is 2. The predicted octanol–water partition coefficient (Wildman–Crippen LogP) is 5.42. The van der Waals surface area contributed by atoms with Crippen LogP contribution in [0.2, 0.25) is 5.02 Å². The molecule has 0 heterocycles. The van der Waals surface area contributed by atoms with Gasteiger partial charge in [-0.05, 0) is 54.8 Å². The Labute approximate surface area is 134 Å². The van der Waals surface area contributed by atoms with Crippen molar-refractivity contribution in [2.45, 2.75) is 26.8 Å². The van der Waals surface area contributed by atoms with E-state index in [0.29, 0.717) is 0 Å². The van der Waals surface area contributed by atoms with Crippen molar-refractivity contribution in [1.82, 2.24) is 5.32 Å². The van der Waals surface area contributed by atoms with Crippen molar-refractivity contribution in [1.29, 1.82) is 0 Å². The maximum absolute atomic E-state index is 6.05. The van der Waals surface area contributed by atoms with Crippen LogP contribution >= 0.6 is 27.5 Å². The van der Waals surface area contributed by atoms with Crippen molar-refractivity contribution in [3.05, 3.63) is 68.1 Å². The molecule has 3 heteroatoms. The Morgan fingerprint density at radius 1 is 1.15 bits per heavy atom. The lowest BCUT2D eigenvalue weighted by molar-refractivity contribution is 0.625. The van der Waals surface area contributed by atoms with Gasteiger partial charge in [0.15, 0.2) is 0 Å². The molecule has 2 rings (SSSR count). The molecule has 20 heavy (non-hydrogen) atoms. The molecule has 106 valence electrons. The van der Waals surface area contributed by atoms with E-state index in [4.69, 9.17) is 11.6 Å². The minimum Gasteiger partial charge on any atom is -0.306 e. The lowest BCUT2D eigenvalue weighted by Crippen LogP contribution is -2.23. The van der Waals surface area contributed by atoms with Crippen LogP contribution in [0.25, 0.3) is 0 Å². The van der Waals surface area contributed by atoms with Gasteiger partial charge in [0, 0.05) is 9.50 Å². The normalized spacial score (nSPS) is 12.4. The van der Waals surface area contributed by atoms with E-state index in [1.54, 1.807) is 0 Å². The molecular formula is C17H19BrClN. The van der Waals surface area contributed by atoms with Crippen LogP contribution in [-0.4, -0.2) is 6.54 Å². The number of nitrogens with one attached hydrogen (secondary N) is 1. The van der Waals surface area contributed by atoms with Gasteiger partial charge < -0.3 is 5.32 Å². The number of halogens is 2. The van der Waals surface area contributed by atoms with Crippen LogP contribution in [0.3, 0.4) is 0 Å². The zero-order chi connectivity index (χ0) is 14.7. The maximum atomic E-state index is 6.05. The second-order valence-corrected chi connectivity index (χ2v) is 6.24. The lowest BCUT2D eigenvalue weighted by Gasteiger charge is -2.23. The zero-order valence-corrected chi connectivity index (χ0v) is 14.3. The van der Waals surface area contributed by atoms with Crippen molar-refractivity contribution in [2.24, 2.45) is 0 Å². The highest BCUT2D eigenvalue weighted by Crippen LogP contribution is 2.32. The van der Waals surface area contributed by atoms with Gasteiger partial charge in [0.05, 0.1) is 6.04 Å². The summed E-state index contributed by atoms with van der Waals surface area (Å²) >= 11 is 9.68. The summed E-state index contributed by atoms with van der Waals surface area (Å²) in [6.07, 6.45) is 0. The number of aryl methyl sites for hydroxylation is 1. The van der Waals surface area contributed by atoms with Crippen molar-refractivity contribution in [2.75, 3.05) is 6.54 Å². The number of hydrogen-bond acceptors (Lipinski definition) is 1. The molecule has 2 aromatic carbocycles. The van der Waals surface area contributed by atoms with Crippen LogP contribution in [0.4, 0.5) is 0 Å². The van der Waals surface area contributed by atoms with Crippen LogP contribution in [0, 0.1) is 13.8 Å². The van der Waals surface area contributed by atoms with Crippen molar-refractivity contribution < 1.29 is 0 Å². The van der Waals surface area contributed by atoms with E-state index >= 15 is 0 Å². The van der Waals surface area contributed by atoms with Gasteiger partial charge in [-0.2, -0.15) is 0 Å². The molecule has 0 bridgehead atoms. The third kappa shape index (κ3) is 3.25. The van der Waals surface area contributed by atoms with Crippen molar-refractivity contribution >= 4 is 27.5 Å². The first kappa shape index (κ1) is 15.6. The third-order valence-electron chi connectivity index (χ3n) is 3.64. The third-order valence-corrected chi connectivity index (χ3v) is 4.56. The Kier molecular flexibility index (Phi) is 5.25. The molecule has 0 fully saturated rings. The molecule has 0 radical (unpaired) electrons. The van der Waals surface area contributed by atoms with Crippen molar-refractivity contribution in [3.8, 4) is 0 Å². The summed E-state index contributed by atoms with van der Waals surface area (Å²) in [5.41, 5.74) is 5.18. The van der Waals surface area contributed by atoms with Crippen molar-refractivity contribution in [3.63, 3.8) is 0 Å². The second-order valence-electron chi connectivity index (χ2n) is 4.95. The predicted molar refractivity (Wildman–Crippen MR) is 90.6 cm³/mol. The van der Waals surface area contributed by atoms with Gasteiger partial charge in [0.2, 0.25) is 0 Å². The van der Waals surface area contributed by atoms with Gasteiger partial charge in [0.25, 0.3) is 0 Å². The fourth-order valence-electron chi connectivity index (χ4n) is 2.41. The molecule has 1 unspecified atom stereocenters. The van der Waals surface area contributed by atoms with Crippen LogP contribution in [0.5, 0.6) is 0 Å². The average molecular weight is 353 g/mol. The number of hydrogen-bond donors (Lipinski definition) is 1. The molecule has 0 amide bonds. The summed E-state index contributed by atoms with van der Waals surface area (Å²) in [6, 6.07) is 12.6. The SMILES string of the molecule is CCNC(c1ccc(Cl)cc1Br)c1cccc(C)c1C. The van der Waals surface area contributed by atoms with E-state index in [0.717, 1.165) is 16.0 Å². The summed E-state index contributed by atoms with van der Waals surface area (Å²) in [4.78, 5) is 0. The summed E-state index contributed by atoms with van der Waals surface area (Å²) in [7, 11) is 0. The Balaban J connectivity index is 2.53. The topological polar surface area (TPSA) is 12.0 Å². The van der Waals surface area contributed by atoms with E-state index in [-0.39, 0.29) is 6.04 Å². The summed E-state index contributed by atoms with van der Waals surface area (Å²) < 4.78 is 1.04. The first-order valence-corrected chi connectivity index (χ1v) is 7.96. The second kappa shape index (κ2) is 6.75. The highest BCUT2D eigenvalue weighted by Gasteiger charge is 2.18. The van der Waals surface area contributed by atoms with Crippen LogP contribution in [0.15, 0.2) is 40.9 Å². The van der Waals surface area contributed by atoms with E-state index < -0.39 is 0 Å². The first-order chi connectivity index (χ1) is 9.54. The van der Waals surface area contributed by atoms with E-state index in [1.165, 1.54) is 22.3 Å². The van der Waals surface area contributed by atoms with Crippen LogP contribution in [0.1, 0.15) is 35.2 Å². The van der Waals surface area contributed by atoms with E-state index in [9.17, 15) is 0 Å². The minimum absolute atomic E-state index is 0.173. The van der Waals surface area contributed by atoms with E-state index in [2.05, 4.69) is 66.3 Å². The molecule has 0 aliphatic rings. The van der Waals surface area contributed by atoms with Gasteiger partial charge in [-0.25, -0.2) is 0 Å². The van der Waals surface area contributed by atoms with Gasteiger partial charge in [-0.3, -0.25) is 0 Å². The molecule has 0 spiro atoms. The Bertz CT molecular complexity index is 610. The Morgan fingerprint density at radius 3 is 2.55 bits per heavy atom. The minimum atomic E-state index is 0.173. The molecule has 0 aliphatic carbocycles. The molecule has 1 nitrogen and oxygen atoms in total. The zero-order valence-electron chi connectivity index (χ0n) is 12.0. The fourth-order valence-corrected chi connectivity index (χ4v) is 3.33. The standard InChI is InChI=1S/C17H19BrClN/c1-4-20-17(14-7-5-6-11(2)12(14)3)15-9-8-13(19)10-16(15)18/h5-10,17,20H,4H2,1-3H3. The van der Waals surface area contributed by atoms with Crippen LogP contribution in [-0.2, 0) is 0 Å². The van der Waals surface area contributed by atoms with Gasteiger partial charge in [0.1, 0.15) is 0 Å². The fraction of sp³-hybridized carbons (Fsp3) is 0.294. The smallest absolute Gasteiger partial charge is 0.0590 e. The largest absolute Gasteiger partial charge is 0.306 e. The summed E-state index contributed by atoms with van der Waals surface area (Å²) in [5.74, 6) is 0. The highest BCUT2D eigenvalue weighted by atomic mass is 79.9. The monoisotopic (exact) mass is 351 g/mol. The molecule has 1 atom stereocenters. The highest BCUT2D eigenvalue weighted by molar-refractivity contribution is 9.10. The quantitative estimate of drug-likeness (QED) is 0.775. The summed E-state index contributed by atoms with van der Waals surface area (Å²) in [6.45, 7) is 7.37. The molecule has 2 aromatic rings. The molecule has 0 aromatic heterocycles.